The van der Waals surface area contributed by atoms with Crippen LogP contribution in [0.25, 0.3) is 0 Å². The van der Waals surface area contributed by atoms with Crippen LogP contribution < -0.4 is 0 Å². The molecule has 1 aliphatic carbocycles. The molecule has 148 valence electrons. The highest BCUT2D eigenvalue weighted by Crippen LogP contribution is 2.42. The molecule has 1 fully saturated rings. The van der Waals surface area contributed by atoms with Crippen molar-refractivity contribution in [1.82, 2.24) is 0 Å². The summed E-state index contributed by atoms with van der Waals surface area (Å²) < 4.78 is 5.46. The third kappa shape index (κ3) is 4.96. The van der Waals surface area contributed by atoms with Gasteiger partial charge in [0.05, 0.1) is 12.5 Å². The van der Waals surface area contributed by atoms with Crippen LogP contribution in [0, 0.1) is 11.8 Å². The number of thioether (sulfide) groups is 1. The standard InChI is InChI=1S/C23H32O3S/c1-3-4-5-8-13-26-23(25)16(2)17-11-12-20-21(14-17)27-15-18-9-6-7-10-19(18)22(20)24/h11-12,14,16,18-19H,3-10,13,15H2,1-2H3/t16?,18-,19+/m0/s1. The van der Waals surface area contributed by atoms with Gasteiger partial charge in [0.2, 0.25) is 0 Å². The molecule has 1 saturated carbocycles. The van der Waals surface area contributed by atoms with Crippen molar-refractivity contribution in [2.75, 3.05) is 12.4 Å². The van der Waals surface area contributed by atoms with E-state index in [1.54, 1.807) is 11.8 Å². The molecular formula is C23H32O3S. The van der Waals surface area contributed by atoms with Gasteiger partial charge in [-0.2, -0.15) is 0 Å². The van der Waals surface area contributed by atoms with Gasteiger partial charge in [0, 0.05) is 22.1 Å². The molecule has 27 heavy (non-hydrogen) atoms. The zero-order valence-corrected chi connectivity index (χ0v) is 17.5. The minimum absolute atomic E-state index is 0.162. The largest absolute Gasteiger partial charge is 0.465 e. The van der Waals surface area contributed by atoms with E-state index in [1.165, 1.54) is 32.1 Å². The fourth-order valence-electron chi connectivity index (χ4n) is 4.24. The highest BCUT2D eigenvalue weighted by molar-refractivity contribution is 7.99. The van der Waals surface area contributed by atoms with Crippen molar-refractivity contribution >= 4 is 23.5 Å². The monoisotopic (exact) mass is 388 g/mol. The number of carbonyl (C=O) groups excluding carboxylic acids is 2. The molecule has 3 rings (SSSR count). The Kier molecular flexibility index (Phi) is 7.40. The Morgan fingerprint density at radius 3 is 2.85 bits per heavy atom. The summed E-state index contributed by atoms with van der Waals surface area (Å²) in [6.07, 6.45) is 9.03. The lowest BCUT2D eigenvalue weighted by Crippen LogP contribution is -2.27. The molecule has 1 unspecified atom stereocenters. The van der Waals surface area contributed by atoms with Crippen LogP contribution in [0.3, 0.4) is 0 Å². The second-order valence-corrected chi connectivity index (χ2v) is 9.09. The molecule has 0 aromatic heterocycles. The van der Waals surface area contributed by atoms with Crippen LogP contribution in [0.15, 0.2) is 23.1 Å². The average molecular weight is 389 g/mol. The fraction of sp³-hybridized carbons (Fsp3) is 0.652. The van der Waals surface area contributed by atoms with Crippen LogP contribution in [0.4, 0.5) is 0 Å². The van der Waals surface area contributed by atoms with Crippen LogP contribution in [0.1, 0.15) is 87.1 Å². The second-order valence-electron chi connectivity index (χ2n) is 8.03. The topological polar surface area (TPSA) is 43.4 Å². The van der Waals surface area contributed by atoms with Gasteiger partial charge < -0.3 is 4.74 Å². The zero-order valence-electron chi connectivity index (χ0n) is 16.7. The van der Waals surface area contributed by atoms with Crippen LogP contribution in [0.5, 0.6) is 0 Å². The van der Waals surface area contributed by atoms with Crippen LogP contribution in [-0.4, -0.2) is 24.1 Å². The molecule has 3 nitrogen and oxygen atoms in total. The maximum absolute atomic E-state index is 13.0. The van der Waals surface area contributed by atoms with E-state index in [0.717, 1.165) is 41.0 Å². The van der Waals surface area contributed by atoms with E-state index in [-0.39, 0.29) is 17.8 Å². The van der Waals surface area contributed by atoms with Gasteiger partial charge in [0.1, 0.15) is 0 Å². The van der Waals surface area contributed by atoms with Gasteiger partial charge in [-0.3, -0.25) is 9.59 Å². The second kappa shape index (κ2) is 9.77. The van der Waals surface area contributed by atoms with Crippen molar-refractivity contribution in [2.45, 2.75) is 76.0 Å². The van der Waals surface area contributed by atoms with E-state index < -0.39 is 0 Å². The number of fused-ring (bicyclic) bond motifs is 2. The SMILES string of the molecule is CCCCCCOC(=O)C(C)c1ccc2c(c1)SC[C@@H]1CCCC[C@H]1C2=O. The Labute approximate surface area is 167 Å². The third-order valence-corrected chi connectivity index (χ3v) is 7.31. The normalized spacial score (nSPS) is 23.1. The van der Waals surface area contributed by atoms with Gasteiger partial charge in [0.25, 0.3) is 0 Å². The smallest absolute Gasteiger partial charge is 0.313 e. The number of ether oxygens (including phenoxy) is 1. The summed E-state index contributed by atoms with van der Waals surface area (Å²) in [7, 11) is 0. The first-order chi connectivity index (χ1) is 13.1. The molecule has 0 N–H and O–H groups in total. The molecule has 0 radical (unpaired) electrons. The minimum Gasteiger partial charge on any atom is -0.465 e. The number of benzene rings is 1. The minimum atomic E-state index is -0.289. The molecule has 0 spiro atoms. The summed E-state index contributed by atoms with van der Waals surface area (Å²) >= 11 is 1.80. The van der Waals surface area contributed by atoms with Crippen molar-refractivity contribution < 1.29 is 14.3 Å². The third-order valence-electron chi connectivity index (χ3n) is 6.07. The number of carbonyl (C=O) groups is 2. The quantitative estimate of drug-likeness (QED) is 0.424. The highest BCUT2D eigenvalue weighted by Gasteiger charge is 2.35. The van der Waals surface area contributed by atoms with Crippen molar-refractivity contribution in [3.05, 3.63) is 29.3 Å². The number of Topliss-reactive ketones (excluding diaryl/α,β-unsaturated/α-hetero) is 1. The first-order valence-electron chi connectivity index (χ1n) is 10.6. The van der Waals surface area contributed by atoms with E-state index in [9.17, 15) is 9.59 Å². The Hall–Kier alpha value is -1.29. The first-order valence-corrected chi connectivity index (χ1v) is 11.6. The molecular weight excluding hydrogens is 356 g/mol. The lowest BCUT2D eigenvalue weighted by Gasteiger charge is -2.28. The summed E-state index contributed by atoms with van der Waals surface area (Å²) in [6, 6.07) is 5.95. The average Bonchev–Trinajstić information content (AvgIpc) is 2.84. The van der Waals surface area contributed by atoms with Gasteiger partial charge in [-0.05, 0) is 49.8 Å². The van der Waals surface area contributed by atoms with Gasteiger partial charge in [-0.15, -0.1) is 11.8 Å². The lowest BCUT2D eigenvalue weighted by molar-refractivity contribution is -0.145. The van der Waals surface area contributed by atoms with E-state index in [0.29, 0.717) is 18.3 Å². The number of esters is 1. The van der Waals surface area contributed by atoms with Gasteiger partial charge in [-0.1, -0.05) is 45.1 Å². The molecule has 0 amide bonds. The number of hydrogen-bond donors (Lipinski definition) is 0. The van der Waals surface area contributed by atoms with Crippen molar-refractivity contribution in [3.63, 3.8) is 0 Å². The maximum atomic E-state index is 13.0. The number of rotatable bonds is 7. The van der Waals surface area contributed by atoms with E-state index in [4.69, 9.17) is 4.74 Å². The van der Waals surface area contributed by atoms with Crippen molar-refractivity contribution in [3.8, 4) is 0 Å². The Morgan fingerprint density at radius 2 is 2.04 bits per heavy atom. The molecule has 3 atom stereocenters. The molecule has 1 aromatic carbocycles. The van der Waals surface area contributed by atoms with E-state index in [1.807, 2.05) is 19.1 Å². The number of ketones is 1. The zero-order chi connectivity index (χ0) is 19.2. The summed E-state index contributed by atoms with van der Waals surface area (Å²) in [5.41, 5.74) is 1.82. The lowest BCUT2D eigenvalue weighted by atomic mass is 9.76. The molecule has 1 heterocycles. The summed E-state index contributed by atoms with van der Waals surface area (Å²) in [6.45, 7) is 4.58. The Morgan fingerprint density at radius 1 is 1.22 bits per heavy atom. The Bertz CT molecular complexity index is 670. The molecule has 4 heteroatoms. The predicted molar refractivity (Wildman–Crippen MR) is 110 cm³/mol. The molecule has 1 aromatic rings. The molecule has 0 saturated heterocycles. The van der Waals surface area contributed by atoms with Gasteiger partial charge >= 0.3 is 5.97 Å². The van der Waals surface area contributed by atoms with Crippen molar-refractivity contribution in [1.29, 1.82) is 0 Å². The van der Waals surface area contributed by atoms with Crippen LogP contribution in [0.2, 0.25) is 0 Å². The van der Waals surface area contributed by atoms with E-state index >= 15 is 0 Å². The molecule has 1 aliphatic heterocycles. The summed E-state index contributed by atoms with van der Waals surface area (Å²) in [5.74, 6) is 1.59. The predicted octanol–water partition coefficient (Wildman–Crippen LogP) is 6.01. The fourth-order valence-corrected chi connectivity index (χ4v) is 5.58. The summed E-state index contributed by atoms with van der Waals surface area (Å²) in [5, 5.41) is 0. The highest BCUT2D eigenvalue weighted by atomic mass is 32.2. The number of unbranched alkanes of at least 4 members (excludes halogenated alkanes) is 3. The van der Waals surface area contributed by atoms with Crippen molar-refractivity contribution in [2.24, 2.45) is 11.8 Å². The number of hydrogen-bond acceptors (Lipinski definition) is 4. The van der Waals surface area contributed by atoms with Gasteiger partial charge in [-0.25, -0.2) is 0 Å². The first kappa shape index (κ1) is 20.4. The van der Waals surface area contributed by atoms with Gasteiger partial charge in [0.15, 0.2) is 5.78 Å². The Balaban J connectivity index is 1.66. The molecule has 2 aliphatic rings. The van der Waals surface area contributed by atoms with Crippen LogP contribution >= 0.6 is 11.8 Å². The molecule has 0 bridgehead atoms. The summed E-state index contributed by atoms with van der Waals surface area (Å²) in [4.78, 5) is 26.4. The maximum Gasteiger partial charge on any atom is 0.313 e. The van der Waals surface area contributed by atoms with E-state index in [2.05, 4.69) is 13.0 Å². The van der Waals surface area contributed by atoms with Crippen LogP contribution in [-0.2, 0) is 9.53 Å².